The smallest absolute Gasteiger partial charge is 0.237 e. The summed E-state index contributed by atoms with van der Waals surface area (Å²) in [5.41, 5.74) is 1.74. The molecule has 0 bridgehead atoms. The molecule has 0 aliphatic rings. The summed E-state index contributed by atoms with van der Waals surface area (Å²) in [6, 6.07) is 14.0. The highest BCUT2D eigenvalue weighted by Crippen LogP contribution is 2.28. The van der Waals surface area contributed by atoms with E-state index in [0.29, 0.717) is 33.8 Å². The number of halogens is 2. The third kappa shape index (κ3) is 5.03. The van der Waals surface area contributed by atoms with E-state index in [2.05, 4.69) is 22.1 Å². The Labute approximate surface area is 188 Å². The van der Waals surface area contributed by atoms with Crippen LogP contribution in [0.2, 0.25) is 10.0 Å². The first-order valence-electron chi connectivity index (χ1n) is 8.90. The molecule has 0 aliphatic heterocycles. The van der Waals surface area contributed by atoms with Crippen molar-refractivity contribution < 1.29 is 4.79 Å². The lowest BCUT2D eigenvalue weighted by Gasteiger charge is -2.13. The Hall–Kier alpha value is -2.79. The van der Waals surface area contributed by atoms with Crippen LogP contribution in [-0.4, -0.2) is 25.9 Å². The van der Waals surface area contributed by atoms with Crippen molar-refractivity contribution in [1.29, 1.82) is 5.26 Å². The summed E-state index contributed by atoms with van der Waals surface area (Å²) in [7, 11) is 0. The number of carbonyl (C=O) groups excluding carboxylic acids is 1. The van der Waals surface area contributed by atoms with Gasteiger partial charge in [-0.25, -0.2) is 0 Å². The van der Waals surface area contributed by atoms with Crippen LogP contribution in [0.4, 0.5) is 5.69 Å². The van der Waals surface area contributed by atoms with Crippen LogP contribution >= 0.6 is 35.0 Å². The van der Waals surface area contributed by atoms with Crippen LogP contribution in [0.25, 0.3) is 11.4 Å². The predicted octanol–water partition coefficient (Wildman–Crippen LogP) is 5.43. The van der Waals surface area contributed by atoms with Gasteiger partial charge in [0.15, 0.2) is 11.0 Å². The second kappa shape index (κ2) is 9.81. The zero-order chi connectivity index (χ0) is 21.7. The van der Waals surface area contributed by atoms with Crippen LogP contribution < -0.4 is 5.32 Å². The normalized spacial score (nSPS) is 11.5. The van der Waals surface area contributed by atoms with Crippen molar-refractivity contribution in [3.8, 4) is 17.5 Å². The second-order valence-corrected chi connectivity index (χ2v) is 8.42. The van der Waals surface area contributed by atoms with E-state index in [4.69, 9.17) is 28.5 Å². The number of hydrogen-bond donors (Lipinski definition) is 1. The molecule has 1 N–H and O–H groups in total. The molecular formula is C21H17Cl2N5OS. The minimum Gasteiger partial charge on any atom is -0.325 e. The van der Waals surface area contributed by atoms with Crippen LogP contribution in [0.3, 0.4) is 0 Å². The molecule has 0 fully saturated rings. The van der Waals surface area contributed by atoms with Crippen molar-refractivity contribution in [2.24, 2.45) is 0 Å². The Morgan fingerprint density at radius 2 is 2.03 bits per heavy atom. The summed E-state index contributed by atoms with van der Waals surface area (Å²) in [4.78, 5) is 12.6. The number of benzene rings is 2. The molecule has 0 aliphatic carbocycles. The molecule has 6 nitrogen and oxygen atoms in total. The van der Waals surface area contributed by atoms with Gasteiger partial charge in [-0.1, -0.05) is 41.0 Å². The minimum atomic E-state index is -0.453. The van der Waals surface area contributed by atoms with E-state index < -0.39 is 5.25 Å². The van der Waals surface area contributed by atoms with Gasteiger partial charge in [0.05, 0.1) is 15.8 Å². The average molecular weight is 458 g/mol. The fraction of sp³-hybridized carbons (Fsp3) is 0.143. The van der Waals surface area contributed by atoms with E-state index in [9.17, 15) is 4.79 Å². The minimum absolute atomic E-state index is 0.220. The molecule has 0 saturated heterocycles. The zero-order valence-electron chi connectivity index (χ0n) is 16.0. The largest absolute Gasteiger partial charge is 0.325 e. The standard InChI is InChI=1S/C21H17Cl2N5OS/c1-3-10-28-19(14-4-7-16(22)8-5-14)26-27-21(28)30-13(2)20(29)25-17-9-6-15(12-24)18(23)11-17/h3-9,11,13H,1,10H2,2H3,(H,25,29). The Balaban J connectivity index is 1.77. The Bertz CT molecular complexity index is 1120. The highest BCUT2D eigenvalue weighted by molar-refractivity contribution is 8.00. The van der Waals surface area contributed by atoms with Gasteiger partial charge in [-0.2, -0.15) is 5.26 Å². The second-order valence-electron chi connectivity index (χ2n) is 6.27. The van der Waals surface area contributed by atoms with E-state index >= 15 is 0 Å². The summed E-state index contributed by atoms with van der Waals surface area (Å²) in [5.74, 6) is 0.447. The van der Waals surface area contributed by atoms with Crippen molar-refractivity contribution in [1.82, 2.24) is 14.8 Å². The lowest BCUT2D eigenvalue weighted by Crippen LogP contribution is -2.23. The summed E-state index contributed by atoms with van der Waals surface area (Å²) in [6.45, 7) is 6.07. The van der Waals surface area contributed by atoms with Crippen molar-refractivity contribution in [2.45, 2.75) is 23.9 Å². The maximum Gasteiger partial charge on any atom is 0.237 e. The quantitative estimate of drug-likeness (QED) is 0.377. The van der Waals surface area contributed by atoms with Gasteiger partial charge in [0, 0.05) is 22.8 Å². The highest BCUT2D eigenvalue weighted by atomic mass is 35.5. The lowest BCUT2D eigenvalue weighted by atomic mass is 10.2. The van der Waals surface area contributed by atoms with Crippen molar-refractivity contribution in [3.63, 3.8) is 0 Å². The number of aromatic nitrogens is 3. The molecule has 0 spiro atoms. The molecule has 1 aromatic heterocycles. The summed E-state index contributed by atoms with van der Waals surface area (Å²) in [5, 5.41) is 21.4. The molecule has 9 heteroatoms. The fourth-order valence-electron chi connectivity index (χ4n) is 2.62. The number of amides is 1. The molecule has 3 aromatic rings. The number of anilines is 1. The van der Waals surface area contributed by atoms with Gasteiger partial charge in [-0.15, -0.1) is 16.8 Å². The Morgan fingerprint density at radius 3 is 2.67 bits per heavy atom. The molecule has 1 heterocycles. The number of nitrogens with zero attached hydrogens (tertiary/aromatic N) is 4. The van der Waals surface area contributed by atoms with Gasteiger partial charge >= 0.3 is 0 Å². The van der Waals surface area contributed by atoms with Crippen LogP contribution in [0.15, 0.2) is 60.3 Å². The van der Waals surface area contributed by atoms with E-state index in [1.54, 1.807) is 43.3 Å². The predicted molar refractivity (Wildman–Crippen MR) is 121 cm³/mol. The van der Waals surface area contributed by atoms with Gasteiger partial charge < -0.3 is 5.32 Å². The summed E-state index contributed by atoms with van der Waals surface area (Å²) >= 11 is 13.3. The molecule has 3 rings (SSSR count). The lowest BCUT2D eigenvalue weighted by molar-refractivity contribution is -0.115. The van der Waals surface area contributed by atoms with Gasteiger partial charge in [0.2, 0.25) is 5.91 Å². The maximum atomic E-state index is 12.6. The molecule has 2 aromatic carbocycles. The average Bonchev–Trinajstić information content (AvgIpc) is 3.11. The molecule has 0 radical (unpaired) electrons. The topological polar surface area (TPSA) is 83.6 Å². The molecule has 30 heavy (non-hydrogen) atoms. The Morgan fingerprint density at radius 1 is 1.30 bits per heavy atom. The first kappa shape index (κ1) is 21.9. The number of hydrogen-bond acceptors (Lipinski definition) is 5. The van der Waals surface area contributed by atoms with Gasteiger partial charge in [0.25, 0.3) is 0 Å². The number of rotatable bonds is 7. The first-order valence-corrected chi connectivity index (χ1v) is 10.5. The van der Waals surface area contributed by atoms with E-state index in [-0.39, 0.29) is 10.9 Å². The number of allylic oxidation sites excluding steroid dienone is 1. The van der Waals surface area contributed by atoms with Gasteiger partial charge in [0.1, 0.15) is 6.07 Å². The first-order chi connectivity index (χ1) is 14.4. The third-order valence-electron chi connectivity index (χ3n) is 4.14. The van der Waals surface area contributed by atoms with Crippen LogP contribution in [0, 0.1) is 11.3 Å². The number of carbonyl (C=O) groups is 1. The molecular weight excluding hydrogens is 441 g/mol. The van der Waals surface area contributed by atoms with Crippen LogP contribution in [0.5, 0.6) is 0 Å². The van der Waals surface area contributed by atoms with Gasteiger partial charge in [-0.05, 0) is 49.4 Å². The summed E-state index contributed by atoms with van der Waals surface area (Å²) in [6.07, 6.45) is 1.75. The van der Waals surface area contributed by atoms with Crippen molar-refractivity contribution in [2.75, 3.05) is 5.32 Å². The Kier molecular flexibility index (Phi) is 7.16. The third-order valence-corrected chi connectivity index (χ3v) is 5.78. The van der Waals surface area contributed by atoms with Crippen molar-refractivity contribution in [3.05, 3.63) is 70.7 Å². The van der Waals surface area contributed by atoms with E-state index in [0.717, 1.165) is 5.56 Å². The molecule has 1 unspecified atom stereocenters. The summed E-state index contributed by atoms with van der Waals surface area (Å²) < 4.78 is 1.89. The zero-order valence-corrected chi connectivity index (χ0v) is 18.3. The number of thioether (sulfide) groups is 1. The number of nitriles is 1. The SMILES string of the molecule is C=CCn1c(SC(C)C(=O)Nc2ccc(C#N)c(Cl)c2)nnc1-c1ccc(Cl)cc1. The number of nitrogens with one attached hydrogen (secondary N) is 1. The van der Waals surface area contributed by atoms with E-state index in [1.807, 2.05) is 22.8 Å². The van der Waals surface area contributed by atoms with E-state index in [1.165, 1.54) is 11.8 Å². The molecule has 0 saturated carbocycles. The molecule has 1 amide bonds. The van der Waals surface area contributed by atoms with Crippen LogP contribution in [0.1, 0.15) is 12.5 Å². The maximum absolute atomic E-state index is 12.6. The molecule has 152 valence electrons. The van der Waals surface area contributed by atoms with Crippen molar-refractivity contribution >= 4 is 46.6 Å². The monoisotopic (exact) mass is 457 g/mol. The van der Waals surface area contributed by atoms with Crippen LogP contribution in [-0.2, 0) is 11.3 Å². The highest BCUT2D eigenvalue weighted by Gasteiger charge is 2.21. The van der Waals surface area contributed by atoms with Gasteiger partial charge in [-0.3, -0.25) is 9.36 Å². The fourth-order valence-corrected chi connectivity index (χ4v) is 3.83. The molecule has 1 atom stereocenters.